The van der Waals surface area contributed by atoms with E-state index >= 15 is 0 Å². The molecule has 0 radical (unpaired) electrons. The van der Waals surface area contributed by atoms with Crippen LogP contribution >= 0.6 is 50.5 Å². The zero-order valence-electron chi connectivity index (χ0n) is 6.61. The Morgan fingerprint density at radius 2 is 2.33 bits per heavy atom. The maximum Gasteiger partial charge on any atom is 0.0887 e. The summed E-state index contributed by atoms with van der Waals surface area (Å²) < 4.78 is 0.973. The van der Waals surface area contributed by atoms with Crippen LogP contribution in [0.15, 0.2) is 9.85 Å². The number of thiophene rings is 1. The minimum atomic E-state index is 0.115. The van der Waals surface area contributed by atoms with E-state index in [2.05, 4.69) is 22.9 Å². The predicted molar refractivity (Wildman–Crippen MR) is 60.5 cm³/mol. The zero-order valence-corrected chi connectivity index (χ0v) is 10.5. The Balaban J connectivity index is 2.74. The van der Waals surface area contributed by atoms with Crippen molar-refractivity contribution in [1.82, 2.24) is 0 Å². The van der Waals surface area contributed by atoms with E-state index in [1.54, 1.807) is 11.3 Å². The lowest BCUT2D eigenvalue weighted by Crippen LogP contribution is -1.83. The van der Waals surface area contributed by atoms with Crippen molar-refractivity contribution in [2.45, 2.75) is 25.1 Å². The smallest absolute Gasteiger partial charge is 0.0887 e. The number of hydrogen-bond acceptors (Lipinski definition) is 1. The molecule has 1 unspecified atom stereocenters. The van der Waals surface area contributed by atoms with Gasteiger partial charge in [-0.05, 0) is 28.4 Å². The molecule has 4 heteroatoms. The van der Waals surface area contributed by atoms with Crippen LogP contribution in [0.4, 0.5) is 0 Å². The molecule has 12 heavy (non-hydrogen) atoms. The van der Waals surface area contributed by atoms with Gasteiger partial charge in [0.05, 0.1) is 14.2 Å². The van der Waals surface area contributed by atoms with Crippen molar-refractivity contribution in [2.24, 2.45) is 0 Å². The van der Waals surface area contributed by atoms with Crippen LogP contribution < -0.4 is 0 Å². The summed E-state index contributed by atoms with van der Waals surface area (Å²) in [6, 6.07) is 1.93. The highest BCUT2D eigenvalue weighted by atomic mass is 79.9. The lowest BCUT2D eigenvalue weighted by molar-refractivity contribution is 0.780. The second-order valence-electron chi connectivity index (χ2n) is 2.53. The summed E-state index contributed by atoms with van der Waals surface area (Å²) in [7, 11) is 0. The predicted octanol–water partition coefficient (Wildman–Crippen LogP) is 5.24. The number of rotatable bonds is 3. The SMILES string of the molecule is CCCC(Cl)c1cc(Cl)c(Br)s1. The van der Waals surface area contributed by atoms with Gasteiger partial charge < -0.3 is 0 Å². The third kappa shape index (κ3) is 2.63. The summed E-state index contributed by atoms with van der Waals surface area (Å²) in [5.74, 6) is 0. The van der Waals surface area contributed by atoms with Gasteiger partial charge in [0.15, 0.2) is 0 Å². The summed E-state index contributed by atoms with van der Waals surface area (Å²) in [5.41, 5.74) is 0. The first kappa shape index (κ1) is 10.8. The normalized spacial score (nSPS) is 13.3. The van der Waals surface area contributed by atoms with E-state index in [0.29, 0.717) is 0 Å². The van der Waals surface area contributed by atoms with Gasteiger partial charge in [0.2, 0.25) is 0 Å². The maximum absolute atomic E-state index is 6.12. The average molecular weight is 288 g/mol. The summed E-state index contributed by atoms with van der Waals surface area (Å²) in [5, 5.41) is 0.876. The molecule has 68 valence electrons. The molecule has 1 heterocycles. The molecule has 0 aliphatic carbocycles. The highest BCUT2D eigenvalue weighted by Gasteiger charge is 2.11. The standard InChI is InChI=1S/C8H9BrCl2S/c1-2-3-5(10)7-4-6(11)8(9)12-7/h4-5H,2-3H2,1H3. The molecule has 0 fully saturated rings. The second-order valence-corrected chi connectivity index (χ2v) is 5.86. The molecule has 1 atom stereocenters. The van der Waals surface area contributed by atoms with E-state index in [1.165, 1.54) is 0 Å². The molecular formula is C8H9BrCl2S. The van der Waals surface area contributed by atoms with E-state index in [1.807, 2.05) is 6.07 Å². The fraction of sp³-hybridized carbons (Fsp3) is 0.500. The molecule has 0 amide bonds. The highest BCUT2D eigenvalue weighted by molar-refractivity contribution is 9.11. The number of halogens is 3. The van der Waals surface area contributed by atoms with Gasteiger partial charge in [-0.1, -0.05) is 24.9 Å². The van der Waals surface area contributed by atoms with Gasteiger partial charge in [-0.2, -0.15) is 0 Å². The van der Waals surface area contributed by atoms with Crippen LogP contribution in [0.3, 0.4) is 0 Å². The summed E-state index contributed by atoms with van der Waals surface area (Å²) >= 11 is 17.0. The largest absolute Gasteiger partial charge is 0.130 e. The van der Waals surface area contributed by atoms with Gasteiger partial charge in [-0.25, -0.2) is 0 Å². The molecule has 0 N–H and O–H groups in total. The van der Waals surface area contributed by atoms with E-state index in [4.69, 9.17) is 23.2 Å². The van der Waals surface area contributed by atoms with E-state index in [9.17, 15) is 0 Å². The fourth-order valence-electron chi connectivity index (χ4n) is 0.913. The van der Waals surface area contributed by atoms with Crippen molar-refractivity contribution in [2.75, 3.05) is 0 Å². The molecule has 0 aliphatic rings. The Morgan fingerprint density at radius 1 is 1.67 bits per heavy atom. The van der Waals surface area contributed by atoms with Crippen LogP contribution in [-0.4, -0.2) is 0 Å². The maximum atomic E-state index is 6.12. The quantitative estimate of drug-likeness (QED) is 0.667. The monoisotopic (exact) mass is 286 g/mol. The van der Waals surface area contributed by atoms with Crippen molar-refractivity contribution in [1.29, 1.82) is 0 Å². The molecule has 0 saturated carbocycles. The van der Waals surface area contributed by atoms with Crippen LogP contribution in [0.1, 0.15) is 30.0 Å². The lowest BCUT2D eigenvalue weighted by Gasteiger charge is -2.02. The van der Waals surface area contributed by atoms with Crippen LogP contribution in [0.5, 0.6) is 0 Å². The van der Waals surface area contributed by atoms with Gasteiger partial charge in [0.1, 0.15) is 0 Å². The van der Waals surface area contributed by atoms with Crippen LogP contribution in [0, 0.1) is 0 Å². The third-order valence-corrected chi connectivity index (χ3v) is 4.69. The zero-order chi connectivity index (χ0) is 9.14. The van der Waals surface area contributed by atoms with E-state index in [0.717, 1.165) is 26.5 Å². The van der Waals surface area contributed by atoms with Crippen LogP contribution in [0.2, 0.25) is 5.02 Å². The topological polar surface area (TPSA) is 0 Å². The Kier molecular flexibility index (Phi) is 4.38. The fourth-order valence-corrected chi connectivity index (χ4v) is 3.09. The van der Waals surface area contributed by atoms with Gasteiger partial charge in [-0.15, -0.1) is 22.9 Å². The van der Waals surface area contributed by atoms with Crippen molar-refractivity contribution < 1.29 is 0 Å². The van der Waals surface area contributed by atoms with Gasteiger partial charge in [-0.3, -0.25) is 0 Å². The molecular weight excluding hydrogens is 279 g/mol. The summed E-state index contributed by atoms with van der Waals surface area (Å²) in [4.78, 5) is 1.15. The van der Waals surface area contributed by atoms with Gasteiger partial charge in [0.25, 0.3) is 0 Å². The summed E-state index contributed by atoms with van der Waals surface area (Å²) in [6.07, 6.45) is 2.10. The molecule has 0 saturated heterocycles. The first-order valence-corrected chi connectivity index (χ1v) is 6.16. The molecule has 1 rings (SSSR count). The number of alkyl halides is 1. The average Bonchev–Trinajstić information content (AvgIpc) is 2.33. The molecule has 0 bridgehead atoms. The molecule has 0 aliphatic heterocycles. The minimum absolute atomic E-state index is 0.115. The first-order valence-electron chi connectivity index (χ1n) is 3.74. The lowest BCUT2D eigenvalue weighted by atomic mass is 10.2. The van der Waals surface area contributed by atoms with Gasteiger partial charge >= 0.3 is 0 Å². The Morgan fingerprint density at radius 3 is 2.75 bits per heavy atom. The molecule has 0 spiro atoms. The van der Waals surface area contributed by atoms with Crippen molar-refractivity contribution >= 4 is 50.5 Å². The Hall–Kier alpha value is 0.760. The first-order chi connectivity index (χ1) is 5.65. The Bertz CT molecular complexity index is 240. The van der Waals surface area contributed by atoms with E-state index < -0.39 is 0 Å². The van der Waals surface area contributed by atoms with Crippen molar-refractivity contribution in [3.05, 3.63) is 19.8 Å². The second kappa shape index (κ2) is 4.85. The van der Waals surface area contributed by atoms with Crippen molar-refractivity contribution in [3.8, 4) is 0 Å². The molecule has 1 aromatic rings. The highest BCUT2D eigenvalue weighted by Crippen LogP contribution is 2.38. The molecule has 0 nitrogen and oxygen atoms in total. The van der Waals surface area contributed by atoms with Crippen molar-refractivity contribution in [3.63, 3.8) is 0 Å². The molecule has 1 aromatic heterocycles. The summed E-state index contributed by atoms with van der Waals surface area (Å²) in [6.45, 7) is 2.12. The van der Waals surface area contributed by atoms with Crippen LogP contribution in [-0.2, 0) is 0 Å². The van der Waals surface area contributed by atoms with E-state index in [-0.39, 0.29) is 5.38 Å². The minimum Gasteiger partial charge on any atom is -0.130 e. The molecule has 0 aromatic carbocycles. The van der Waals surface area contributed by atoms with Crippen LogP contribution in [0.25, 0.3) is 0 Å². The van der Waals surface area contributed by atoms with Gasteiger partial charge in [0, 0.05) is 4.88 Å². The number of hydrogen-bond donors (Lipinski definition) is 0. The Labute approximate surface area is 95.0 Å². The third-order valence-electron chi connectivity index (χ3n) is 1.52.